The van der Waals surface area contributed by atoms with Crippen LogP contribution in [0.1, 0.15) is 33.1 Å². The first kappa shape index (κ1) is 8.45. The maximum Gasteiger partial charge on any atom is 0.148 e. The van der Waals surface area contributed by atoms with Crippen LogP contribution in [0.25, 0.3) is 0 Å². The first-order valence-corrected chi connectivity index (χ1v) is 3.26. The fraction of sp³-hybridized carbons (Fsp3) is 0.857. The van der Waals surface area contributed by atoms with Crippen molar-refractivity contribution in [1.29, 1.82) is 5.26 Å². The fourth-order valence-corrected chi connectivity index (χ4v) is 0.577. The van der Waals surface area contributed by atoms with Gasteiger partial charge in [-0.15, -0.1) is 0 Å². The van der Waals surface area contributed by atoms with E-state index >= 15 is 0 Å². The van der Waals surface area contributed by atoms with Gasteiger partial charge in [0.05, 0.1) is 6.07 Å². The van der Waals surface area contributed by atoms with Crippen LogP contribution in [0.2, 0.25) is 0 Å². The maximum atomic E-state index is 9.09. The standard InChI is InChI=1S/C7H13NO/c1-3-4-5-7(2,9)6-8/h9H,3-5H2,1-2H3/t7-/m0/s1. The first-order chi connectivity index (χ1) is 4.12. The van der Waals surface area contributed by atoms with E-state index in [2.05, 4.69) is 0 Å². The lowest BCUT2D eigenvalue weighted by Crippen LogP contribution is -2.20. The van der Waals surface area contributed by atoms with E-state index in [0.717, 1.165) is 12.8 Å². The molecule has 0 radical (unpaired) electrons. The highest BCUT2D eigenvalue weighted by Gasteiger charge is 2.16. The van der Waals surface area contributed by atoms with Crippen molar-refractivity contribution in [2.75, 3.05) is 0 Å². The number of rotatable bonds is 3. The van der Waals surface area contributed by atoms with Gasteiger partial charge in [-0.25, -0.2) is 0 Å². The highest BCUT2D eigenvalue weighted by atomic mass is 16.3. The van der Waals surface area contributed by atoms with Crippen molar-refractivity contribution in [3.05, 3.63) is 0 Å². The zero-order valence-corrected chi connectivity index (χ0v) is 6.02. The van der Waals surface area contributed by atoms with Crippen LogP contribution in [0, 0.1) is 11.3 Å². The van der Waals surface area contributed by atoms with Gasteiger partial charge < -0.3 is 5.11 Å². The molecule has 0 aromatic heterocycles. The van der Waals surface area contributed by atoms with Gasteiger partial charge in [0.15, 0.2) is 0 Å². The average molecular weight is 127 g/mol. The quantitative estimate of drug-likeness (QED) is 0.583. The molecule has 0 bridgehead atoms. The second-order valence-electron chi connectivity index (χ2n) is 2.49. The third kappa shape index (κ3) is 3.99. The Bertz CT molecular complexity index is 113. The summed E-state index contributed by atoms with van der Waals surface area (Å²) in [6.07, 6.45) is 2.53. The van der Waals surface area contributed by atoms with Crippen molar-refractivity contribution in [2.45, 2.75) is 38.7 Å². The molecule has 0 aliphatic carbocycles. The van der Waals surface area contributed by atoms with Crippen LogP contribution in [0.15, 0.2) is 0 Å². The molecule has 0 unspecified atom stereocenters. The zero-order valence-electron chi connectivity index (χ0n) is 6.02. The van der Waals surface area contributed by atoms with E-state index in [4.69, 9.17) is 10.4 Å². The lowest BCUT2D eigenvalue weighted by Gasteiger charge is -2.11. The van der Waals surface area contributed by atoms with E-state index in [-0.39, 0.29) is 0 Å². The van der Waals surface area contributed by atoms with Crippen LogP contribution in [0.4, 0.5) is 0 Å². The second-order valence-corrected chi connectivity index (χ2v) is 2.49. The van der Waals surface area contributed by atoms with E-state index < -0.39 is 5.60 Å². The lowest BCUT2D eigenvalue weighted by atomic mass is 10.0. The predicted octanol–water partition coefficient (Wildman–Crippen LogP) is 1.45. The Balaban J connectivity index is 3.49. The molecule has 1 N–H and O–H groups in total. The van der Waals surface area contributed by atoms with Crippen molar-refractivity contribution in [1.82, 2.24) is 0 Å². The van der Waals surface area contributed by atoms with Crippen LogP contribution >= 0.6 is 0 Å². The molecular weight excluding hydrogens is 114 g/mol. The van der Waals surface area contributed by atoms with Gasteiger partial charge in [0.2, 0.25) is 0 Å². The molecule has 0 fully saturated rings. The largest absolute Gasteiger partial charge is 0.376 e. The van der Waals surface area contributed by atoms with Gasteiger partial charge in [-0.05, 0) is 19.8 Å². The molecule has 0 aromatic carbocycles. The average Bonchev–Trinajstić information content (AvgIpc) is 1.84. The van der Waals surface area contributed by atoms with E-state index in [0.29, 0.717) is 6.42 Å². The van der Waals surface area contributed by atoms with E-state index in [9.17, 15) is 0 Å². The maximum absolute atomic E-state index is 9.09. The van der Waals surface area contributed by atoms with Gasteiger partial charge in [0.25, 0.3) is 0 Å². The Morgan fingerprint density at radius 2 is 2.22 bits per heavy atom. The van der Waals surface area contributed by atoms with Crippen molar-refractivity contribution in [3.8, 4) is 6.07 Å². The Morgan fingerprint density at radius 3 is 2.56 bits per heavy atom. The van der Waals surface area contributed by atoms with Gasteiger partial charge in [0, 0.05) is 0 Å². The molecule has 0 heterocycles. The fourth-order valence-electron chi connectivity index (χ4n) is 0.577. The SMILES string of the molecule is CCCC[C@](C)(O)C#N. The summed E-state index contributed by atoms with van der Waals surface area (Å²) in [6.45, 7) is 3.58. The summed E-state index contributed by atoms with van der Waals surface area (Å²) in [7, 11) is 0. The molecule has 0 saturated carbocycles. The van der Waals surface area contributed by atoms with E-state index in [1.54, 1.807) is 6.92 Å². The molecule has 0 spiro atoms. The molecule has 0 amide bonds. The van der Waals surface area contributed by atoms with E-state index in [1.165, 1.54) is 0 Å². The number of nitrogens with zero attached hydrogens (tertiary/aromatic N) is 1. The molecule has 2 nitrogen and oxygen atoms in total. The van der Waals surface area contributed by atoms with Crippen LogP contribution in [-0.4, -0.2) is 10.7 Å². The molecule has 9 heavy (non-hydrogen) atoms. The van der Waals surface area contributed by atoms with Crippen molar-refractivity contribution in [3.63, 3.8) is 0 Å². The number of hydrogen-bond donors (Lipinski definition) is 1. The van der Waals surface area contributed by atoms with Gasteiger partial charge in [0.1, 0.15) is 5.60 Å². The Kier molecular flexibility index (Phi) is 3.26. The van der Waals surface area contributed by atoms with Gasteiger partial charge in [-0.2, -0.15) is 5.26 Å². The first-order valence-electron chi connectivity index (χ1n) is 3.26. The minimum atomic E-state index is -1.10. The summed E-state index contributed by atoms with van der Waals surface area (Å²) < 4.78 is 0. The summed E-state index contributed by atoms with van der Waals surface area (Å²) in [5, 5.41) is 17.4. The normalized spacial score (nSPS) is 16.2. The molecule has 0 aliphatic rings. The third-order valence-electron chi connectivity index (χ3n) is 1.26. The minimum Gasteiger partial charge on any atom is -0.376 e. The predicted molar refractivity (Wildman–Crippen MR) is 35.8 cm³/mol. The Hall–Kier alpha value is -0.550. The molecule has 0 saturated heterocycles. The summed E-state index contributed by atoms with van der Waals surface area (Å²) in [6, 6.07) is 1.83. The topological polar surface area (TPSA) is 44.0 Å². The summed E-state index contributed by atoms with van der Waals surface area (Å²) in [5.41, 5.74) is -1.10. The van der Waals surface area contributed by atoms with Crippen molar-refractivity contribution < 1.29 is 5.11 Å². The van der Waals surface area contributed by atoms with Gasteiger partial charge in [-0.1, -0.05) is 13.3 Å². The van der Waals surface area contributed by atoms with E-state index in [1.807, 2.05) is 13.0 Å². The van der Waals surface area contributed by atoms with Crippen molar-refractivity contribution in [2.24, 2.45) is 0 Å². The molecule has 0 rings (SSSR count). The lowest BCUT2D eigenvalue weighted by molar-refractivity contribution is 0.107. The van der Waals surface area contributed by atoms with Crippen LogP contribution in [0.3, 0.4) is 0 Å². The molecular formula is C7H13NO. The molecule has 0 aromatic rings. The number of aliphatic hydroxyl groups is 1. The highest BCUT2D eigenvalue weighted by Crippen LogP contribution is 2.10. The Labute approximate surface area is 56.1 Å². The highest BCUT2D eigenvalue weighted by molar-refractivity contribution is 4.95. The molecule has 0 aliphatic heterocycles. The molecule has 52 valence electrons. The van der Waals surface area contributed by atoms with Gasteiger partial charge >= 0.3 is 0 Å². The van der Waals surface area contributed by atoms with Crippen LogP contribution in [-0.2, 0) is 0 Å². The summed E-state index contributed by atoms with van der Waals surface area (Å²) in [5.74, 6) is 0. The smallest absolute Gasteiger partial charge is 0.148 e. The second kappa shape index (κ2) is 3.47. The monoisotopic (exact) mass is 127 g/mol. The Morgan fingerprint density at radius 1 is 1.67 bits per heavy atom. The van der Waals surface area contributed by atoms with Crippen LogP contribution in [0.5, 0.6) is 0 Å². The van der Waals surface area contributed by atoms with Crippen LogP contribution < -0.4 is 0 Å². The number of nitriles is 1. The van der Waals surface area contributed by atoms with Crippen molar-refractivity contribution >= 4 is 0 Å². The summed E-state index contributed by atoms with van der Waals surface area (Å²) >= 11 is 0. The zero-order chi connectivity index (χ0) is 7.33. The minimum absolute atomic E-state index is 0.583. The molecule has 2 heteroatoms. The summed E-state index contributed by atoms with van der Waals surface area (Å²) in [4.78, 5) is 0. The number of unbranched alkanes of at least 4 members (excludes halogenated alkanes) is 1. The molecule has 1 atom stereocenters. The number of hydrogen-bond acceptors (Lipinski definition) is 2. The van der Waals surface area contributed by atoms with Gasteiger partial charge in [-0.3, -0.25) is 0 Å². The third-order valence-corrected chi connectivity index (χ3v) is 1.26.